The van der Waals surface area contributed by atoms with Gasteiger partial charge in [0.15, 0.2) is 5.78 Å². The molecule has 0 fully saturated rings. The van der Waals surface area contributed by atoms with Crippen LogP contribution >= 0.6 is 0 Å². The van der Waals surface area contributed by atoms with Gasteiger partial charge in [0.2, 0.25) is 17.6 Å². The summed E-state index contributed by atoms with van der Waals surface area (Å²) in [5.74, 6) is -3.60. The Labute approximate surface area is 161 Å². The van der Waals surface area contributed by atoms with E-state index < -0.39 is 35.5 Å². The number of rotatable bonds is 14. The van der Waals surface area contributed by atoms with E-state index in [1.807, 2.05) is 13.8 Å². The number of amides is 3. The molecule has 8 heteroatoms. The van der Waals surface area contributed by atoms with Crippen molar-refractivity contribution < 1.29 is 24.0 Å². The van der Waals surface area contributed by atoms with Crippen molar-refractivity contribution in [2.45, 2.75) is 84.7 Å². The first kappa shape index (κ1) is 24.8. The lowest BCUT2D eigenvalue weighted by atomic mass is 10.00. The Morgan fingerprint density at radius 2 is 1.52 bits per heavy atom. The number of Topliss-reactive ketones (excluding diaryl/α,β-unsaturated/α-hetero) is 2. The van der Waals surface area contributed by atoms with Gasteiger partial charge in [-0.1, -0.05) is 46.5 Å². The van der Waals surface area contributed by atoms with E-state index in [1.54, 1.807) is 6.92 Å². The SMILES string of the molecule is CCCCCC(NC(=O)C(C)CCC)C(=O)C(=O)NC(CC(N)=O)C(C)=O. The van der Waals surface area contributed by atoms with Crippen LogP contribution in [0.1, 0.15) is 72.6 Å². The molecule has 0 spiro atoms. The topological polar surface area (TPSA) is 135 Å². The smallest absolute Gasteiger partial charge is 0.290 e. The van der Waals surface area contributed by atoms with Crippen LogP contribution in [0, 0.1) is 5.92 Å². The summed E-state index contributed by atoms with van der Waals surface area (Å²) in [4.78, 5) is 59.7. The molecule has 3 atom stereocenters. The average molecular weight is 383 g/mol. The summed E-state index contributed by atoms with van der Waals surface area (Å²) in [7, 11) is 0. The molecule has 3 unspecified atom stereocenters. The molecule has 0 saturated heterocycles. The number of ketones is 2. The lowest BCUT2D eigenvalue weighted by Crippen LogP contribution is -2.52. The Morgan fingerprint density at radius 1 is 0.889 bits per heavy atom. The zero-order valence-corrected chi connectivity index (χ0v) is 16.8. The first-order valence-corrected chi connectivity index (χ1v) is 9.57. The van der Waals surface area contributed by atoms with Gasteiger partial charge in [-0.15, -0.1) is 0 Å². The third kappa shape index (κ3) is 9.86. The summed E-state index contributed by atoms with van der Waals surface area (Å²) in [5, 5.41) is 4.91. The van der Waals surface area contributed by atoms with Gasteiger partial charge >= 0.3 is 0 Å². The molecule has 0 aliphatic rings. The second kappa shape index (κ2) is 13.0. The van der Waals surface area contributed by atoms with Crippen LogP contribution in [-0.4, -0.2) is 41.4 Å². The highest BCUT2D eigenvalue weighted by atomic mass is 16.2. The molecule has 0 rings (SSSR count). The van der Waals surface area contributed by atoms with Crippen molar-refractivity contribution in [1.29, 1.82) is 0 Å². The van der Waals surface area contributed by atoms with Gasteiger partial charge in [-0.3, -0.25) is 24.0 Å². The van der Waals surface area contributed by atoms with Crippen molar-refractivity contribution in [1.82, 2.24) is 10.6 Å². The summed E-state index contributed by atoms with van der Waals surface area (Å²) in [6, 6.07) is -2.10. The van der Waals surface area contributed by atoms with Crippen LogP contribution < -0.4 is 16.4 Å². The Morgan fingerprint density at radius 3 is 2.00 bits per heavy atom. The average Bonchev–Trinajstić information content (AvgIpc) is 2.59. The zero-order chi connectivity index (χ0) is 21.0. The highest BCUT2D eigenvalue weighted by Gasteiger charge is 2.30. The first-order chi connectivity index (χ1) is 12.6. The number of hydrogen-bond acceptors (Lipinski definition) is 5. The van der Waals surface area contributed by atoms with Crippen LogP contribution in [0.25, 0.3) is 0 Å². The highest BCUT2D eigenvalue weighted by molar-refractivity contribution is 6.38. The standard InChI is InChI=1S/C19H33N3O5/c1-5-7-8-10-14(21-18(26)12(3)9-6-2)17(25)19(27)22-15(13(4)23)11-16(20)24/h12,14-15H,5-11H2,1-4H3,(H2,20,24)(H,21,26)(H,22,27). The van der Waals surface area contributed by atoms with E-state index in [0.717, 1.165) is 19.3 Å². The Hall–Kier alpha value is -2.25. The van der Waals surface area contributed by atoms with Gasteiger partial charge in [0, 0.05) is 5.92 Å². The van der Waals surface area contributed by atoms with Gasteiger partial charge < -0.3 is 16.4 Å². The van der Waals surface area contributed by atoms with Gasteiger partial charge in [0.05, 0.1) is 18.5 Å². The number of primary amides is 1. The van der Waals surface area contributed by atoms with Crippen molar-refractivity contribution in [3.05, 3.63) is 0 Å². The Bertz CT molecular complexity index is 547. The van der Waals surface area contributed by atoms with Crippen LogP contribution in [0.2, 0.25) is 0 Å². The fraction of sp³-hybridized carbons (Fsp3) is 0.737. The number of hydrogen-bond donors (Lipinski definition) is 3. The minimum Gasteiger partial charge on any atom is -0.370 e. The predicted octanol–water partition coefficient (Wildman–Crippen LogP) is 1.01. The molecule has 0 aromatic carbocycles. The Balaban J connectivity index is 5.12. The summed E-state index contributed by atoms with van der Waals surface area (Å²) in [6.45, 7) is 6.94. The number of unbranched alkanes of at least 4 members (excludes halogenated alkanes) is 2. The van der Waals surface area contributed by atoms with Crippen LogP contribution in [0.4, 0.5) is 0 Å². The van der Waals surface area contributed by atoms with Gasteiger partial charge in [-0.2, -0.15) is 0 Å². The molecular weight excluding hydrogens is 350 g/mol. The minimum atomic E-state index is -1.15. The lowest BCUT2D eigenvalue weighted by Gasteiger charge is -2.21. The van der Waals surface area contributed by atoms with Gasteiger partial charge in [0.1, 0.15) is 0 Å². The van der Waals surface area contributed by atoms with E-state index in [2.05, 4.69) is 10.6 Å². The largest absolute Gasteiger partial charge is 0.370 e. The monoisotopic (exact) mass is 383 g/mol. The second-order valence-electron chi connectivity index (χ2n) is 6.92. The fourth-order valence-corrected chi connectivity index (χ4v) is 2.63. The zero-order valence-electron chi connectivity index (χ0n) is 16.8. The maximum Gasteiger partial charge on any atom is 0.290 e. The van der Waals surface area contributed by atoms with Crippen molar-refractivity contribution in [2.24, 2.45) is 11.7 Å². The number of nitrogens with two attached hydrogens (primary N) is 1. The van der Waals surface area contributed by atoms with Crippen molar-refractivity contribution in [2.75, 3.05) is 0 Å². The van der Waals surface area contributed by atoms with E-state index >= 15 is 0 Å². The molecule has 0 bridgehead atoms. The molecule has 154 valence electrons. The highest BCUT2D eigenvalue weighted by Crippen LogP contribution is 2.09. The lowest BCUT2D eigenvalue weighted by molar-refractivity contribution is -0.142. The molecule has 27 heavy (non-hydrogen) atoms. The quantitative estimate of drug-likeness (QED) is 0.304. The third-order valence-corrected chi connectivity index (χ3v) is 4.32. The van der Waals surface area contributed by atoms with Crippen LogP contribution in [0.15, 0.2) is 0 Å². The number of nitrogens with one attached hydrogen (secondary N) is 2. The number of carbonyl (C=O) groups is 5. The van der Waals surface area contributed by atoms with Crippen molar-refractivity contribution >= 4 is 29.3 Å². The summed E-state index contributed by atoms with van der Waals surface area (Å²) >= 11 is 0. The summed E-state index contributed by atoms with van der Waals surface area (Å²) < 4.78 is 0. The minimum absolute atomic E-state index is 0.264. The van der Waals surface area contributed by atoms with Crippen LogP contribution in [-0.2, 0) is 24.0 Å². The molecule has 0 aliphatic heterocycles. The molecule has 0 aromatic rings. The molecule has 0 heterocycles. The molecular formula is C19H33N3O5. The third-order valence-electron chi connectivity index (χ3n) is 4.32. The number of carbonyl (C=O) groups excluding carboxylic acids is 5. The molecule has 3 amide bonds. The molecule has 0 aromatic heterocycles. The molecule has 8 nitrogen and oxygen atoms in total. The van der Waals surface area contributed by atoms with Crippen molar-refractivity contribution in [3.63, 3.8) is 0 Å². The van der Waals surface area contributed by atoms with E-state index in [-0.39, 0.29) is 18.2 Å². The van der Waals surface area contributed by atoms with Crippen LogP contribution in [0.3, 0.4) is 0 Å². The first-order valence-electron chi connectivity index (χ1n) is 9.57. The van der Waals surface area contributed by atoms with Crippen molar-refractivity contribution in [3.8, 4) is 0 Å². The van der Waals surface area contributed by atoms with Gasteiger partial charge in [-0.05, 0) is 19.8 Å². The molecule has 0 aliphatic carbocycles. The second-order valence-corrected chi connectivity index (χ2v) is 6.92. The maximum absolute atomic E-state index is 12.5. The van der Waals surface area contributed by atoms with E-state index in [0.29, 0.717) is 19.3 Å². The summed E-state index contributed by atoms with van der Waals surface area (Å²) in [5.41, 5.74) is 5.07. The molecule has 4 N–H and O–H groups in total. The van der Waals surface area contributed by atoms with Gasteiger partial charge in [0.25, 0.3) is 5.91 Å². The summed E-state index contributed by atoms with van der Waals surface area (Å²) in [6.07, 6.45) is 3.94. The van der Waals surface area contributed by atoms with Gasteiger partial charge in [-0.25, -0.2) is 0 Å². The molecule has 0 radical (unpaired) electrons. The fourth-order valence-electron chi connectivity index (χ4n) is 2.63. The normalized spacial score (nSPS) is 13.9. The Kier molecular flexibility index (Phi) is 11.9. The van der Waals surface area contributed by atoms with E-state index in [1.165, 1.54) is 6.92 Å². The van der Waals surface area contributed by atoms with Crippen LogP contribution in [0.5, 0.6) is 0 Å². The van der Waals surface area contributed by atoms with E-state index in [4.69, 9.17) is 5.73 Å². The molecule has 0 saturated carbocycles. The predicted molar refractivity (Wildman–Crippen MR) is 102 cm³/mol. The van der Waals surface area contributed by atoms with E-state index in [9.17, 15) is 24.0 Å². The maximum atomic E-state index is 12.5.